The van der Waals surface area contributed by atoms with Gasteiger partial charge in [-0.25, -0.2) is 4.68 Å². The lowest BCUT2D eigenvalue weighted by atomic mass is 10.5. The van der Waals surface area contributed by atoms with Crippen molar-refractivity contribution in [2.45, 2.75) is 12.3 Å². The standard InChI is InChI=1S/C4H5N4O3S2/c9-13(10,11)3-8-4(1-2-12)5-6-7-8/h1,3H2,(H,9,10,11). The van der Waals surface area contributed by atoms with Gasteiger partial charge in [0.25, 0.3) is 10.1 Å². The molecule has 0 fully saturated rings. The number of aromatic nitrogens is 4. The molecule has 0 spiro atoms. The zero-order chi connectivity index (χ0) is 9.90. The van der Waals surface area contributed by atoms with Gasteiger partial charge in [0.15, 0.2) is 11.7 Å². The molecule has 0 saturated carbocycles. The number of hydrogen-bond acceptors (Lipinski definition) is 6. The molecule has 13 heavy (non-hydrogen) atoms. The second-order valence-electron chi connectivity index (χ2n) is 2.13. The first-order chi connectivity index (χ1) is 6.03. The molecular formula is C4H5N4O3S2. The fourth-order valence-corrected chi connectivity index (χ4v) is 1.31. The molecule has 0 atom stereocenters. The largest absolute Gasteiger partial charge is 0.285 e. The van der Waals surface area contributed by atoms with Gasteiger partial charge in [-0.15, -0.1) is 5.10 Å². The second kappa shape index (κ2) is 3.85. The van der Waals surface area contributed by atoms with Gasteiger partial charge >= 0.3 is 0 Å². The van der Waals surface area contributed by atoms with Crippen molar-refractivity contribution >= 4 is 27.7 Å². The van der Waals surface area contributed by atoms with E-state index in [1.54, 1.807) is 0 Å². The Hall–Kier alpha value is -0.930. The lowest BCUT2D eigenvalue weighted by molar-refractivity contribution is 0.463. The predicted octanol–water partition coefficient (Wildman–Crippen LogP) is -1.06. The van der Waals surface area contributed by atoms with Gasteiger partial charge in [0.1, 0.15) is 0 Å². The number of hydrogen-bond donors (Lipinski definition) is 1. The zero-order valence-electron chi connectivity index (χ0n) is 6.28. The van der Waals surface area contributed by atoms with Crippen LogP contribution in [0.15, 0.2) is 0 Å². The van der Waals surface area contributed by atoms with E-state index >= 15 is 0 Å². The van der Waals surface area contributed by atoms with Crippen LogP contribution in [0, 0.1) is 0 Å². The second-order valence-corrected chi connectivity index (χ2v) is 3.84. The average molecular weight is 221 g/mol. The monoisotopic (exact) mass is 221 g/mol. The molecular weight excluding hydrogens is 216 g/mol. The number of thiocarbonyl (C=S) groups is 1. The SMILES string of the molecule is O=S(=O)(O)Cn1nnnc1C[C]=S. The van der Waals surface area contributed by atoms with E-state index in [1.165, 1.54) is 0 Å². The molecule has 1 aromatic rings. The highest BCUT2D eigenvalue weighted by Crippen LogP contribution is 1.95. The summed E-state index contributed by atoms with van der Waals surface area (Å²) in [5.74, 6) is -0.431. The van der Waals surface area contributed by atoms with Gasteiger partial charge in [0.05, 0.1) is 0 Å². The third-order valence-electron chi connectivity index (χ3n) is 1.12. The van der Waals surface area contributed by atoms with Crippen molar-refractivity contribution in [2.75, 3.05) is 0 Å². The molecule has 0 bridgehead atoms. The molecule has 7 nitrogen and oxygen atoms in total. The summed E-state index contributed by atoms with van der Waals surface area (Å²) in [6, 6.07) is 0. The summed E-state index contributed by atoms with van der Waals surface area (Å²) >= 11 is 4.43. The molecule has 0 amide bonds. The Morgan fingerprint density at radius 3 is 2.85 bits per heavy atom. The topological polar surface area (TPSA) is 98.0 Å². The first kappa shape index (κ1) is 10.2. The van der Waals surface area contributed by atoms with E-state index in [0.717, 1.165) is 4.68 Å². The molecule has 1 heterocycles. The van der Waals surface area contributed by atoms with E-state index in [4.69, 9.17) is 4.55 Å². The van der Waals surface area contributed by atoms with Crippen LogP contribution in [0.5, 0.6) is 0 Å². The number of tetrazole rings is 1. The van der Waals surface area contributed by atoms with E-state index in [9.17, 15) is 8.42 Å². The van der Waals surface area contributed by atoms with Crippen LogP contribution in [-0.2, 0) is 22.4 Å². The predicted molar refractivity (Wildman–Crippen MR) is 45.7 cm³/mol. The first-order valence-electron chi connectivity index (χ1n) is 3.08. The Labute approximate surface area is 79.5 Å². The summed E-state index contributed by atoms with van der Waals surface area (Å²) in [5, 5.41) is 12.4. The quantitative estimate of drug-likeness (QED) is 0.511. The molecule has 1 rings (SSSR count). The molecule has 0 aliphatic rings. The number of nitrogens with zero attached hydrogens (tertiary/aromatic N) is 4. The molecule has 9 heteroatoms. The van der Waals surface area contributed by atoms with Crippen molar-refractivity contribution in [1.29, 1.82) is 0 Å². The minimum absolute atomic E-state index is 0.151. The van der Waals surface area contributed by atoms with Crippen LogP contribution in [0.2, 0.25) is 0 Å². The Bertz CT molecular complexity index is 397. The van der Waals surface area contributed by atoms with E-state index in [-0.39, 0.29) is 12.2 Å². The van der Waals surface area contributed by atoms with Crippen molar-refractivity contribution in [2.24, 2.45) is 0 Å². The zero-order valence-corrected chi connectivity index (χ0v) is 7.92. The summed E-state index contributed by atoms with van der Waals surface area (Å²) in [5.41, 5.74) is 0. The van der Waals surface area contributed by atoms with Gasteiger partial charge in [-0.05, 0) is 10.4 Å². The maximum Gasteiger partial charge on any atom is 0.285 e. The third-order valence-corrected chi connectivity index (χ3v) is 1.84. The average Bonchev–Trinajstić information content (AvgIpc) is 2.34. The van der Waals surface area contributed by atoms with Crippen molar-refractivity contribution in [3.05, 3.63) is 5.82 Å². The van der Waals surface area contributed by atoms with E-state index < -0.39 is 16.0 Å². The summed E-state index contributed by atoms with van der Waals surface area (Å²) in [6.45, 7) is 0. The lowest BCUT2D eigenvalue weighted by Crippen LogP contribution is -2.14. The molecule has 0 aliphatic heterocycles. The first-order valence-corrected chi connectivity index (χ1v) is 5.10. The van der Waals surface area contributed by atoms with E-state index in [2.05, 4.69) is 33.1 Å². The van der Waals surface area contributed by atoms with Gasteiger partial charge in [-0.3, -0.25) is 4.55 Å². The van der Waals surface area contributed by atoms with Gasteiger partial charge in [-0.2, -0.15) is 8.42 Å². The van der Waals surface area contributed by atoms with Crippen LogP contribution in [0.25, 0.3) is 0 Å². The fourth-order valence-electron chi connectivity index (χ4n) is 0.669. The molecule has 1 radical (unpaired) electrons. The Morgan fingerprint density at radius 1 is 1.62 bits per heavy atom. The van der Waals surface area contributed by atoms with Crippen LogP contribution in [-0.4, -0.2) is 38.5 Å². The lowest BCUT2D eigenvalue weighted by Gasteiger charge is -1.98. The van der Waals surface area contributed by atoms with Gasteiger partial charge < -0.3 is 0 Å². The van der Waals surface area contributed by atoms with Crippen LogP contribution < -0.4 is 0 Å². The molecule has 1 N–H and O–H groups in total. The maximum atomic E-state index is 10.4. The smallest absolute Gasteiger partial charge is 0.284 e. The van der Waals surface area contributed by atoms with Crippen molar-refractivity contribution in [1.82, 2.24) is 20.2 Å². The summed E-state index contributed by atoms with van der Waals surface area (Å²) in [7, 11) is -4.13. The van der Waals surface area contributed by atoms with Crippen LogP contribution in [0.3, 0.4) is 0 Å². The van der Waals surface area contributed by atoms with Crippen LogP contribution >= 0.6 is 12.2 Å². The molecule has 71 valence electrons. The molecule has 0 saturated heterocycles. The molecule has 0 unspecified atom stereocenters. The van der Waals surface area contributed by atoms with E-state index in [0.29, 0.717) is 0 Å². The minimum atomic E-state index is -4.13. The summed E-state index contributed by atoms with van der Waals surface area (Å²) < 4.78 is 30.3. The highest BCUT2D eigenvalue weighted by molar-refractivity contribution is 7.84. The Balaban J connectivity index is 2.88. The fraction of sp³-hybridized carbons (Fsp3) is 0.500. The van der Waals surface area contributed by atoms with E-state index in [1.807, 2.05) is 0 Å². The minimum Gasteiger partial charge on any atom is -0.284 e. The highest BCUT2D eigenvalue weighted by Gasteiger charge is 2.11. The molecule has 1 aromatic heterocycles. The van der Waals surface area contributed by atoms with Gasteiger partial charge in [0, 0.05) is 11.8 Å². The number of rotatable bonds is 4. The van der Waals surface area contributed by atoms with Gasteiger partial charge in [0.2, 0.25) is 0 Å². The maximum absolute atomic E-state index is 10.4. The summed E-state index contributed by atoms with van der Waals surface area (Å²) in [6.07, 6.45) is 0.151. The van der Waals surface area contributed by atoms with Crippen molar-refractivity contribution in [3.63, 3.8) is 0 Å². The van der Waals surface area contributed by atoms with Crippen molar-refractivity contribution in [3.8, 4) is 0 Å². The van der Waals surface area contributed by atoms with Crippen LogP contribution in [0.4, 0.5) is 0 Å². The highest BCUT2D eigenvalue weighted by atomic mass is 32.2. The summed E-state index contributed by atoms with van der Waals surface area (Å²) in [4.78, 5) is 0. The molecule has 0 aliphatic carbocycles. The normalized spacial score (nSPS) is 11.5. The van der Waals surface area contributed by atoms with Gasteiger partial charge in [-0.1, -0.05) is 12.2 Å². The third kappa shape index (κ3) is 3.13. The Kier molecular flexibility index (Phi) is 3.01. The van der Waals surface area contributed by atoms with Crippen molar-refractivity contribution < 1.29 is 13.0 Å². The molecule has 0 aromatic carbocycles. The Morgan fingerprint density at radius 2 is 2.31 bits per heavy atom. The van der Waals surface area contributed by atoms with Crippen LogP contribution in [0.1, 0.15) is 5.82 Å².